The van der Waals surface area contributed by atoms with Crippen LogP contribution in [-0.4, -0.2) is 47.0 Å². The van der Waals surface area contributed by atoms with Gasteiger partial charge in [-0.25, -0.2) is 14.4 Å². The molecule has 0 heterocycles. The van der Waals surface area contributed by atoms with E-state index in [-0.39, 0.29) is 38.6 Å². The molecule has 0 bridgehead atoms. The molecule has 0 radical (unpaired) electrons. The zero-order valence-corrected chi connectivity index (χ0v) is 32.7. The first-order valence-electron chi connectivity index (χ1n) is 17.0. The lowest BCUT2D eigenvalue weighted by molar-refractivity contribution is -0.137. The van der Waals surface area contributed by atoms with E-state index in [0.29, 0.717) is 79.8 Å². The fourth-order valence-corrected chi connectivity index (χ4v) is 7.77. The molecule has 53 heavy (non-hydrogen) atoms. The number of carbonyl (C=O) groups excluding carboxylic acids is 4. The molecule has 0 amide bonds. The number of allylic oxidation sites excluding steroid dienone is 2. The van der Waals surface area contributed by atoms with Crippen LogP contribution in [0.4, 0.5) is 0 Å². The molecule has 2 aliphatic rings. The molecule has 11 nitrogen and oxygen atoms in total. The first-order chi connectivity index (χ1) is 24.9. The highest BCUT2D eigenvalue weighted by Crippen LogP contribution is 2.44. The third-order valence-corrected chi connectivity index (χ3v) is 11.1. The molecular formula is C41H41BrO11. The van der Waals surface area contributed by atoms with Crippen LogP contribution < -0.4 is 14.2 Å². The highest BCUT2D eigenvalue weighted by molar-refractivity contribution is 9.10. The largest absolute Gasteiger partial charge is 0.506 e. The predicted molar refractivity (Wildman–Crippen MR) is 198 cm³/mol. The molecule has 0 aliphatic heterocycles. The van der Waals surface area contributed by atoms with Gasteiger partial charge in [-0.1, -0.05) is 0 Å². The maximum absolute atomic E-state index is 13.9. The van der Waals surface area contributed by atoms with Crippen molar-refractivity contribution in [3.8, 4) is 23.0 Å². The van der Waals surface area contributed by atoms with Crippen molar-refractivity contribution < 1.29 is 53.1 Å². The summed E-state index contributed by atoms with van der Waals surface area (Å²) in [7, 11) is 1.35. The summed E-state index contributed by atoms with van der Waals surface area (Å²) in [5.74, 6) is -4.36. The molecule has 0 spiro atoms. The van der Waals surface area contributed by atoms with Crippen molar-refractivity contribution in [1.29, 1.82) is 0 Å². The number of methoxy groups -OCH3 is 1. The minimum absolute atomic E-state index is 0.00810. The summed E-state index contributed by atoms with van der Waals surface area (Å²) in [4.78, 5) is 65.0. The van der Waals surface area contributed by atoms with Gasteiger partial charge in [-0.3, -0.25) is 9.59 Å². The second-order valence-corrected chi connectivity index (χ2v) is 14.3. The number of fused-ring (bicyclic) bond motifs is 1. The smallest absolute Gasteiger partial charge is 0.347 e. The zero-order valence-electron chi connectivity index (χ0n) is 31.1. The normalized spacial score (nSPS) is 15.2. The number of hydrogen-bond donors (Lipinski definition) is 2. The topological polar surface area (TPSA) is 163 Å². The number of ketones is 1. The van der Waals surface area contributed by atoms with Crippen LogP contribution in [0.2, 0.25) is 0 Å². The monoisotopic (exact) mass is 788 g/mol. The van der Waals surface area contributed by atoms with Crippen LogP contribution in [0.1, 0.15) is 101 Å². The average Bonchev–Trinajstić information content (AvgIpc) is 3.09. The van der Waals surface area contributed by atoms with Crippen molar-refractivity contribution in [3.63, 3.8) is 0 Å². The van der Waals surface area contributed by atoms with E-state index in [2.05, 4.69) is 15.9 Å². The number of aryl methyl sites for hydroxylation is 1. The molecule has 1 unspecified atom stereocenters. The van der Waals surface area contributed by atoms with Gasteiger partial charge in [-0.15, -0.1) is 0 Å². The van der Waals surface area contributed by atoms with E-state index in [1.165, 1.54) is 19.3 Å². The molecule has 0 saturated heterocycles. The van der Waals surface area contributed by atoms with Crippen molar-refractivity contribution in [3.05, 3.63) is 101 Å². The van der Waals surface area contributed by atoms with Gasteiger partial charge in [0.05, 0.1) is 18.2 Å². The van der Waals surface area contributed by atoms with Gasteiger partial charge < -0.3 is 29.2 Å². The number of ether oxygens (including phenoxy) is 4. The maximum atomic E-state index is 13.9. The van der Waals surface area contributed by atoms with Crippen molar-refractivity contribution in [2.24, 2.45) is 5.92 Å². The first-order valence-corrected chi connectivity index (χ1v) is 17.8. The minimum atomic E-state index is -1.05. The van der Waals surface area contributed by atoms with Crippen molar-refractivity contribution in [2.75, 3.05) is 7.11 Å². The number of hydrogen-bond acceptors (Lipinski definition) is 10. The van der Waals surface area contributed by atoms with Crippen LogP contribution in [0.15, 0.2) is 34.0 Å². The SMILES string of the molecule is COC1=CC(=O)C=C(C)C1C(=O)Oc1c(C)c(C)c(C(=O)Oc2cc(C)c(C(=O)Oc3c(C)c(C)c(C(=O)O)c(C)c3C)c3c2CCCC3)c(O)c1Br. The van der Waals surface area contributed by atoms with E-state index < -0.39 is 35.5 Å². The van der Waals surface area contributed by atoms with Crippen LogP contribution in [0.3, 0.4) is 0 Å². The van der Waals surface area contributed by atoms with Crippen LogP contribution >= 0.6 is 15.9 Å². The summed E-state index contributed by atoms with van der Waals surface area (Å²) in [5.41, 5.74) is 5.57. The molecular weight excluding hydrogens is 748 g/mol. The minimum Gasteiger partial charge on any atom is -0.506 e. The molecule has 3 aromatic carbocycles. The van der Waals surface area contributed by atoms with E-state index in [1.807, 2.05) is 0 Å². The van der Waals surface area contributed by atoms with Gasteiger partial charge in [0, 0.05) is 6.08 Å². The second kappa shape index (κ2) is 15.0. The van der Waals surface area contributed by atoms with Crippen LogP contribution in [-0.2, 0) is 27.2 Å². The summed E-state index contributed by atoms with van der Waals surface area (Å²) in [6.07, 6.45) is 5.19. The molecule has 0 fully saturated rings. The number of aromatic hydroxyl groups is 1. The van der Waals surface area contributed by atoms with Crippen molar-refractivity contribution >= 4 is 45.6 Å². The quantitative estimate of drug-likeness (QED) is 0.168. The molecule has 2 aliphatic carbocycles. The molecule has 3 aromatic rings. The Morgan fingerprint density at radius 2 is 1.26 bits per heavy atom. The third kappa shape index (κ3) is 6.99. The lowest BCUT2D eigenvalue weighted by Crippen LogP contribution is -2.28. The molecule has 1 atom stereocenters. The molecule has 2 N–H and O–H groups in total. The van der Waals surface area contributed by atoms with Gasteiger partial charge in [0.15, 0.2) is 11.5 Å². The number of halogens is 1. The fourth-order valence-electron chi connectivity index (χ4n) is 7.19. The average molecular weight is 790 g/mol. The Bertz CT molecular complexity index is 2150. The summed E-state index contributed by atoms with van der Waals surface area (Å²) >= 11 is 3.30. The Balaban J connectivity index is 1.47. The zero-order chi connectivity index (χ0) is 39.2. The number of esters is 3. The Kier molecular flexibility index (Phi) is 11.0. The number of carboxylic acid groups (broad SMARTS) is 1. The van der Waals surface area contributed by atoms with E-state index in [9.17, 15) is 34.2 Å². The second-order valence-electron chi connectivity index (χ2n) is 13.5. The van der Waals surface area contributed by atoms with E-state index in [1.54, 1.807) is 61.5 Å². The van der Waals surface area contributed by atoms with Crippen LogP contribution in [0.25, 0.3) is 0 Å². The Morgan fingerprint density at radius 3 is 1.85 bits per heavy atom. The number of aromatic carboxylic acids is 1. The highest BCUT2D eigenvalue weighted by atomic mass is 79.9. The van der Waals surface area contributed by atoms with Gasteiger partial charge >= 0.3 is 23.9 Å². The van der Waals surface area contributed by atoms with E-state index in [4.69, 9.17) is 18.9 Å². The Labute approximate surface area is 315 Å². The maximum Gasteiger partial charge on any atom is 0.347 e. The molecule has 12 heteroatoms. The van der Waals surface area contributed by atoms with Gasteiger partial charge in [0.25, 0.3) is 0 Å². The number of carboxylic acids is 1. The van der Waals surface area contributed by atoms with Crippen molar-refractivity contribution in [2.45, 2.75) is 81.1 Å². The predicted octanol–water partition coefficient (Wildman–Crippen LogP) is 7.91. The van der Waals surface area contributed by atoms with Crippen LogP contribution in [0.5, 0.6) is 23.0 Å². The summed E-state index contributed by atoms with van der Waals surface area (Å²) in [6, 6.07) is 1.61. The van der Waals surface area contributed by atoms with Crippen molar-refractivity contribution in [1.82, 2.24) is 0 Å². The van der Waals surface area contributed by atoms with Gasteiger partial charge in [-0.05, 0) is 165 Å². The number of rotatable bonds is 8. The Morgan fingerprint density at radius 1 is 0.717 bits per heavy atom. The molecule has 0 aromatic heterocycles. The Hall–Kier alpha value is -5.23. The number of carbonyl (C=O) groups is 5. The summed E-state index contributed by atoms with van der Waals surface area (Å²) in [6.45, 7) is 13.4. The van der Waals surface area contributed by atoms with Gasteiger partial charge in [0.1, 0.15) is 39.0 Å². The van der Waals surface area contributed by atoms with E-state index >= 15 is 0 Å². The summed E-state index contributed by atoms with van der Waals surface area (Å²) in [5, 5.41) is 21.1. The molecule has 278 valence electrons. The van der Waals surface area contributed by atoms with Gasteiger partial charge in [-0.2, -0.15) is 0 Å². The number of phenolic OH excluding ortho intramolecular Hbond substituents is 1. The van der Waals surface area contributed by atoms with Crippen LogP contribution in [0, 0.1) is 54.4 Å². The lowest BCUT2D eigenvalue weighted by atomic mass is 9.85. The molecule has 0 saturated carbocycles. The summed E-state index contributed by atoms with van der Waals surface area (Å²) < 4.78 is 23.0. The van der Waals surface area contributed by atoms with E-state index in [0.717, 1.165) is 12.8 Å². The molecule has 5 rings (SSSR count). The number of phenols is 1. The standard InChI is InChI=1S/C41H41BrO11/c1-17-14-25(43)16-29(50-9)31(17)40(48)53-37-24(8)21(5)33(35(44)34(37)42)41(49)51-28-15-18(2)30(27-13-11-10-12-26(27)28)39(47)52-36-22(6)19(3)32(38(45)46)20(4)23(36)7/h14-16,31,44H,10-13H2,1-9H3,(H,45,46). The first kappa shape index (κ1) is 39.0. The van der Waals surface area contributed by atoms with Gasteiger partial charge in [0.2, 0.25) is 0 Å². The fraction of sp³-hybridized carbons (Fsp3) is 0.341. The lowest BCUT2D eigenvalue weighted by Gasteiger charge is -2.25. The third-order valence-electron chi connectivity index (χ3n) is 10.4. The highest BCUT2D eigenvalue weighted by Gasteiger charge is 2.35. The number of benzene rings is 3.